The SMILES string of the molecule is C=CC(=O)Cc1cccc(-c2cc(C)nc(Nc3cccc(N4CCCCC4)c3)n2)c1. The average molecular weight is 413 g/mol. The summed E-state index contributed by atoms with van der Waals surface area (Å²) in [6, 6.07) is 18.3. The molecule has 4 rings (SSSR count). The van der Waals surface area contributed by atoms with E-state index in [0.717, 1.165) is 41.3 Å². The minimum absolute atomic E-state index is 0.00645. The maximum atomic E-state index is 11.7. The number of carbonyl (C=O) groups excluding carboxylic acids is 1. The van der Waals surface area contributed by atoms with Crippen LogP contribution in [0.15, 0.2) is 67.3 Å². The predicted molar refractivity (Wildman–Crippen MR) is 127 cm³/mol. The fourth-order valence-corrected chi connectivity index (χ4v) is 3.95. The molecule has 158 valence electrons. The molecule has 0 saturated carbocycles. The highest BCUT2D eigenvalue weighted by molar-refractivity contribution is 5.91. The molecule has 1 aliphatic rings. The minimum Gasteiger partial charge on any atom is -0.371 e. The Bertz CT molecular complexity index is 1090. The van der Waals surface area contributed by atoms with Crippen LogP contribution in [0.25, 0.3) is 11.3 Å². The molecular weight excluding hydrogens is 384 g/mol. The maximum Gasteiger partial charge on any atom is 0.227 e. The van der Waals surface area contributed by atoms with Crippen molar-refractivity contribution in [2.24, 2.45) is 0 Å². The van der Waals surface area contributed by atoms with Crippen LogP contribution < -0.4 is 10.2 Å². The van der Waals surface area contributed by atoms with Gasteiger partial charge in [0.25, 0.3) is 0 Å². The Morgan fingerprint density at radius 1 is 1.06 bits per heavy atom. The number of allylic oxidation sites excluding steroid dienone is 1. The first kappa shape index (κ1) is 20.8. The lowest BCUT2D eigenvalue weighted by molar-refractivity contribution is -0.114. The lowest BCUT2D eigenvalue weighted by atomic mass is 10.0. The summed E-state index contributed by atoms with van der Waals surface area (Å²) in [5.41, 5.74) is 5.83. The van der Waals surface area contributed by atoms with Gasteiger partial charge in [-0.2, -0.15) is 0 Å². The molecule has 1 fully saturated rings. The Labute approximate surface area is 183 Å². The number of aromatic nitrogens is 2. The number of nitrogens with zero attached hydrogens (tertiary/aromatic N) is 3. The van der Waals surface area contributed by atoms with Gasteiger partial charge in [0.15, 0.2) is 5.78 Å². The fraction of sp³-hybridized carbons (Fsp3) is 0.269. The number of hydrogen-bond donors (Lipinski definition) is 1. The van der Waals surface area contributed by atoms with Crippen molar-refractivity contribution < 1.29 is 4.79 Å². The van der Waals surface area contributed by atoms with E-state index in [4.69, 9.17) is 4.98 Å². The summed E-state index contributed by atoms with van der Waals surface area (Å²) in [6.07, 6.45) is 5.52. The number of benzene rings is 2. The van der Waals surface area contributed by atoms with E-state index in [1.54, 1.807) is 0 Å². The van der Waals surface area contributed by atoms with Gasteiger partial charge in [-0.15, -0.1) is 0 Å². The van der Waals surface area contributed by atoms with Crippen molar-refractivity contribution in [1.82, 2.24) is 9.97 Å². The Morgan fingerprint density at radius 3 is 2.68 bits per heavy atom. The largest absolute Gasteiger partial charge is 0.371 e. The molecule has 5 heteroatoms. The van der Waals surface area contributed by atoms with Crippen molar-refractivity contribution in [3.05, 3.63) is 78.5 Å². The van der Waals surface area contributed by atoms with E-state index < -0.39 is 0 Å². The van der Waals surface area contributed by atoms with Gasteiger partial charge < -0.3 is 10.2 Å². The topological polar surface area (TPSA) is 58.1 Å². The summed E-state index contributed by atoms with van der Waals surface area (Å²) in [7, 11) is 0. The van der Waals surface area contributed by atoms with E-state index in [1.807, 2.05) is 43.3 Å². The maximum absolute atomic E-state index is 11.7. The molecule has 1 aromatic heterocycles. The van der Waals surface area contributed by atoms with Gasteiger partial charge in [-0.3, -0.25) is 4.79 Å². The van der Waals surface area contributed by atoms with E-state index in [9.17, 15) is 4.79 Å². The number of hydrogen-bond acceptors (Lipinski definition) is 5. The molecular formula is C26H28N4O. The number of anilines is 3. The predicted octanol–water partition coefficient (Wildman–Crippen LogP) is 5.48. The highest BCUT2D eigenvalue weighted by atomic mass is 16.1. The average Bonchev–Trinajstić information content (AvgIpc) is 2.79. The van der Waals surface area contributed by atoms with E-state index in [2.05, 4.69) is 40.0 Å². The summed E-state index contributed by atoms with van der Waals surface area (Å²) in [4.78, 5) is 23.5. The van der Waals surface area contributed by atoms with Crippen LogP contribution in [-0.4, -0.2) is 28.8 Å². The van der Waals surface area contributed by atoms with Crippen LogP contribution in [0, 0.1) is 6.92 Å². The van der Waals surface area contributed by atoms with Crippen LogP contribution in [0.5, 0.6) is 0 Å². The van der Waals surface area contributed by atoms with Crippen molar-refractivity contribution in [3.8, 4) is 11.3 Å². The Kier molecular flexibility index (Phi) is 6.41. The third-order valence-corrected chi connectivity index (χ3v) is 5.51. The molecule has 0 atom stereocenters. The number of piperidine rings is 1. The second-order valence-corrected chi connectivity index (χ2v) is 7.99. The van der Waals surface area contributed by atoms with Crippen LogP contribution in [0.2, 0.25) is 0 Å². The highest BCUT2D eigenvalue weighted by Gasteiger charge is 2.12. The summed E-state index contributed by atoms with van der Waals surface area (Å²) in [6.45, 7) is 7.74. The molecule has 1 saturated heterocycles. The smallest absolute Gasteiger partial charge is 0.227 e. The summed E-state index contributed by atoms with van der Waals surface area (Å²) >= 11 is 0. The van der Waals surface area contributed by atoms with E-state index in [-0.39, 0.29) is 5.78 Å². The van der Waals surface area contributed by atoms with Crippen molar-refractivity contribution in [2.75, 3.05) is 23.3 Å². The Balaban J connectivity index is 1.57. The number of carbonyl (C=O) groups is 1. The van der Waals surface area contributed by atoms with Crippen molar-refractivity contribution >= 4 is 23.1 Å². The van der Waals surface area contributed by atoms with E-state index >= 15 is 0 Å². The standard InChI is InChI=1S/C26H28N4O/c1-3-24(31)17-20-9-7-10-21(16-20)25-15-19(2)27-26(29-25)28-22-11-8-12-23(18-22)30-13-5-4-6-14-30/h3,7-12,15-16,18H,1,4-6,13-14,17H2,2H3,(H,27,28,29). The summed E-state index contributed by atoms with van der Waals surface area (Å²) in [5, 5.41) is 3.37. The van der Waals surface area contributed by atoms with Crippen LogP contribution in [0.4, 0.5) is 17.3 Å². The first-order chi connectivity index (χ1) is 15.1. The number of rotatable bonds is 7. The minimum atomic E-state index is 0.00645. The van der Waals surface area contributed by atoms with Gasteiger partial charge in [-0.25, -0.2) is 9.97 Å². The summed E-state index contributed by atoms with van der Waals surface area (Å²) < 4.78 is 0. The van der Waals surface area contributed by atoms with Gasteiger partial charge in [0, 0.05) is 42.1 Å². The van der Waals surface area contributed by atoms with Crippen LogP contribution in [0.1, 0.15) is 30.5 Å². The van der Waals surface area contributed by atoms with Gasteiger partial charge in [-0.1, -0.05) is 30.8 Å². The summed E-state index contributed by atoms with van der Waals surface area (Å²) in [5.74, 6) is 0.574. The number of nitrogens with one attached hydrogen (secondary N) is 1. The quantitative estimate of drug-likeness (QED) is 0.521. The molecule has 0 radical (unpaired) electrons. The third-order valence-electron chi connectivity index (χ3n) is 5.51. The zero-order valence-corrected chi connectivity index (χ0v) is 18.0. The molecule has 0 bridgehead atoms. The first-order valence-electron chi connectivity index (χ1n) is 10.8. The van der Waals surface area contributed by atoms with Gasteiger partial charge >= 0.3 is 0 Å². The van der Waals surface area contributed by atoms with Gasteiger partial charge in [-0.05, 0) is 68.2 Å². The highest BCUT2D eigenvalue weighted by Crippen LogP contribution is 2.26. The molecule has 0 aliphatic carbocycles. The lowest BCUT2D eigenvalue weighted by Crippen LogP contribution is -2.29. The lowest BCUT2D eigenvalue weighted by Gasteiger charge is -2.29. The van der Waals surface area contributed by atoms with Crippen LogP contribution in [0.3, 0.4) is 0 Å². The molecule has 31 heavy (non-hydrogen) atoms. The number of ketones is 1. The zero-order chi connectivity index (χ0) is 21.6. The molecule has 3 aromatic rings. The molecule has 1 aliphatic heterocycles. The normalized spacial score (nSPS) is 13.6. The molecule has 2 heterocycles. The third kappa shape index (κ3) is 5.37. The van der Waals surface area contributed by atoms with Crippen molar-refractivity contribution in [1.29, 1.82) is 0 Å². The number of aryl methyl sites for hydroxylation is 1. The van der Waals surface area contributed by atoms with E-state index in [1.165, 1.54) is 31.0 Å². The van der Waals surface area contributed by atoms with Gasteiger partial charge in [0.2, 0.25) is 5.95 Å². The van der Waals surface area contributed by atoms with E-state index in [0.29, 0.717) is 12.4 Å². The Hall–Kier alpha value is -3.47. The molecule has 2 aromatic carbocycles. The second-order valence-electron chi connectivity index (χ2n) is 7.99. The van der Waals surface area contributed by atoms with Crippen LogP contribution >= 0.6 is 0 Å². The van der Waals surface area contributed by atoms with Crippen LogP contribution in [-0.2, 0) is 11.2 Å². The fourth-order valence-electron chi connectivity index (χ4n) is 3.95. The monoisotopic (exact) mass is 412 g/mol. The molecule has 0 unspecified atom stereocenters. The molecule has 0 amide bonds. The van der Waals surface area contributed by atoms with Gasteiger partial charge in [0.1, 0.15) is 0 Å². The molecule has 5 nitrogen and oxygen atoms in total. The molecule has 1 N–H and O–H groups in total. The molecule has 0 spiro atoms. The second kappa shape index (κ2) is 9.56. The van der Waals surface area contributed by atoms with Crippen molar-refractivity contribution in [2.45, 2.75) is 32.6 Å². The Morgan fingerprint density at radius 2 is 1.87 bits per heavy atom. The first-order valence-corrected chi connectivity index (χ1v) is 10.8. The van der Waals surface area contributed by atoms with Gasteiger partial charge in [0.05, 0.1) is 5.69 Å². The van der Waals surface area contributed by atoms with Crippen molar-refractivity contribution in [3.63, 3.8) is 0 Å². The zero-order valence-electron chi connectivity index (χ0n) is 18.0.